The third kappa shape index (κ3) is 1.93. The summed E-state index contributed by atoms with van der Waals surface area (Å²) in [5, 5.41) is 0. The molecular formula is C15H16N4O. The lowest BCUT2D eigenvalue weighted by molar-refractivity contribution is 0.415. The van der Waals surface area contributed by atoms with Crippen molar-refractivity contribution in [2.75, 3.05) is 18.6 Å². The molecule has 0 unspecified atom stereocenters. The number of nitrogens with two attached hydrogens (primary N) is 2. The number of ether oxygens (including phenoxy) is 1. The Kier molecular flexibility index (Phi) is 2.75. The van der Waals surface area contributed by atoms with Crippen molar-refractivity contribution in [2.24, 2.45) is 7.05 Å². The van der Waals surface area contributed by atoms with Gasteiger partial charge in [-0.3, -0.25) is 0 Å². The number of fused-ring (bicyclic) bond motifs is 1. The fraction of sp³-hybridized carbons (Fsp3) is 0.133. The van der Waals surface area contributed by atoms with Gasteiger partial charge in [0, 0.05) is 30.1 Å². The average molecular weight is 268 g/mol. The molecular weight excluding hydrogens is 252 g/mol. The van der Waals surface area contributed by atoms with Gasteiger partial charge in [-0.05, 0) is 30.3 Å². The van der Waals surface area contributed by atoms with Crippen molar-refractivity contribution in [3.05, 3.63) is 36.4 Å². The highest BCUT2D eigenvalue weighted by molar-refractivity contribution is 5.83. The molecule has 1 aromatic heterocycles. The van der Waals surface area contributed by atoms with Crippen LogP contribution in [0.2, 0.25) is 0 Å². The number of nitrogens with zero attached hydrogens (tertiary/aromatic N) is 2. The van der Waals surface area contributed by atoms with Crippen LogP contribution in [0.1, 0.15) is 0 Å². The van der Waals surface area contributed by atoms with Gasteiger partial charge in [-0.15, -0.1) is 0 Å². The molecule has 5 nitrogen and oxygen atoms in total. The minimum atomic E-state index is 0.629. The van der Waals surface area contributed by atoms with E-state index in [1.54, 1.807) is 13.2 Å². The molecule has 0 bridgehead atoms. The van der Waals surface area contributed by atoms with Gasteiger partial charge in [-0.2, -0.15) is 0 Å². The molecule has 0 radical (unpaired) electrons. The zero-order valence-electron chi connectivity index (χ0n) is 11.4. The first-order chi connectivity index (χ1) is 9.58. The Hall–Kier alpha value is -2.69. The summed E-state index contributed by atoms with van der Waals surface area (Å²) in [6.07, 6.45) is 0. The first-order valence-corrected chi connectivity index (χ1v) is 6.25. The van der Waals surface area contributed by atoms with Gasteiger partial charge >= 0.3 is 0 Å². The molecule has 20 heavy (non-hydrogen) atoms. The van der Waals surface area contributed by atoms with Crippen LogP contribution in [0.15, 0.2) is 36.4 Å². The number of aromatic nitrogens is 2. The molecule has 0 aliphatic carbocycles. The molecule has 5 heteroatoms. The second kappa shape index (κ2) is 4.45. The van der Waals surface area contributed by atoms with Crippen LogP contribution in [0.4, 0.5) is 11.4 Å². The number of methoxy groups -OCH3 is 1. The van der Waals surface area contributed by atoms with Crippen molar-refractivity contribution in [2.45, 2.75) is 0 Å². The quantitative estimate of drug-likeness (QED) is 0.699. The molecule has 1 heterocycles. The number of anilines is 2. The molecule has 0 saturated carbocycles. The van der Waals surface area contributed by atoms with Crippen LogP contribution in [0.3, 0.4) is 0 Å². The van der Waals surface area contributed by atoms with Gasteiger partial charge < -0.3 is 20.8 Å². The lowest BCUT2D eigenvalue weighted by Crippen LogP contribution is -1.96. The lowest BCUT2D eigenvalue weighted by Gasteiger charge is -2.05. The van der Waals surface area contributed by atoms with E-state index < -0.39 is 0 Å². The number of aryl methyl sites for hydroxylation is 1. The molecule has 3 aromatic rings. The number of nitrogen functional groups attached to an aromatic ring is 2. The Balaban J connectivity index is 2.23. The summed E-state index contributed by atoms with van der Waals surface area (Å²) in [5.74, 6) is 1.61. The Bertz CT molecular complexity index is 772. The summed E-state index contributed by atoms with van der Waals surface area (Å²) in [6, 6.07) is 11.3. The van der Waals surface area contributed by atoms with Gasteiger partial charge in [0.2, 0.25) is 0 Å². The summed E-state index contributed by atoms with van der Waals surface area (Å²) >= 11 is 0. The van der Waals surface area contributed by atoms with Crippen molar-refractivity contribution in [3.8, 4) is 17.1 Å². The highest BCUT2D eigenvalue weighted by Crippen LogP contribution is 2.28. The van der Waals surface area contributed by atoms with Crippen LogP contribution in [-0.4, -0.2) is 16.7 Å². The second-order valence-electron chi connectivity index (χ2n) is 4.74. The fourth-order valence-electron chi connectivity index (χ4n) is 2.37. The maximum atomic E-state index is 5.85. The third-order valence-electron chi connectivity index (χ3n) is 3.32. The topological polar surface area (TPSA) is 79.1 Å². The van der Waals surface area contributed by atoms with E-state index >= 15 is 0 Å². The molecule has 102 valence electrons. The highest BCUT2D eigenvalue weighted by Gasteiger charge is 2.11. The molecule has 3 rings (SSSR count). The average Bonchev–Trinajstić information content (AvgIpc) is 2.74. The Morgan fingerprint density at radius 3 is 2.40 bits per heavy atom. The fourth-order valence-corrected chi connectivity index (χ4v) is 2.37. The van der Waals surface area contributed by atoms with E-state index in [0.29, 0.717) is 11.4 Å². The molecule has 0 spiro atoms. The van der Waals surface area contributed by atoms with Gasteiger partial charge in [0.25, 0.3) is 0 Å². The Labute approximate surface area is 116 Å². The summed E-state index contributed by atoms with van der Waals surface area (Å²) in [7, 11) is 3.61. The SMILES string of the molecule is COc1ccc2c(c1)nc(-c1cc(N)cc(N)c1)n2C. The van der Waals surface area contributed by atoms with E-state index in [4.69, 9.17) is 16.2 Å². The number of rotatable bonds is 2. The van der Waals surface area contributed by atoms with Crippen LogP contribution in [-0.2, 0) is 7.05 Å². The first-order valence-electron chi connectivity index (χ1n) is 6.25. The maximum absolute atomic E-state index is 5.85. The van der Waals surface area contributed by atoms with Gasteiger partial charge in [-0.25, -0.2) is 4.98 Å². The predicted molar refractivity (Wildman–Crippen MR) is 81.5 cm³/mol. The largest absolute Gasteiger partial charge is 0.497 e. The molecule has 2 aromatic carbocycles. The smallest absolute Gasteiger partial charge is 0.141 e. The normalized spacial score (nSPS) is 10.9. The van der Waals surface area contributed by atoms with Gasteiger partial charge in [0.1, 0.15) is 11.6 Å². The van der Waals surface area contributed by atoms with E-state index in [1.165, 1.54) is 0 Å². The van der Waals surface area contributed by atoms with Crippen molar-refractivity contribution in [1.82, 2.24) is 9.55 Å². The molecule has 0 fully saturated rings. The number of hydrogen-bond acceptors (Lipinski definition) is 4. The van der Waals surface area contributed by atoms with Crippen molar-refractivity contribution in [3.63, 3.8) is 0 Å². The lowest BCUT2D eigenvalue weighted by atomic mass is 10.1. The van der Waals surface area contributed by atoms with E-state index in [0.717, 1.165) is 28.2 Å². The van der Waals surface area contributed by atoms with E-state index in [1.807, 2.05) is 41.9 Å². The summed E-state index contributed by atoms with van der Waals surface area (Å²) < 4.78 is 7.24. The van der Waals surface area contributed by atoms with Crippen molar-refractivity contribution >= 4 is 22.4 Å². The second-order valence-corrected chi connectivity index (χ2v) is 4.74. The minimum absolute atomic E-state index is 0.629. The summed E-state index contributed by atoms with van der Waals surface area (Å²) in [6.45, 7) is 0. The zero-order valence-corrected chi connectivity index (χ0v) is 11.4. The van der Waals surface area contributed by atoms with E-state index in [9.17, 15) is 0 Å². The molecule has 0 aliphatic rings. The van der Waals surface area contributed by atoms with Crippen molar-refractivity contribution < 1.29 is 4.74 Å². The Morgan fingerprint density at radius 2 is 1.75 bits per heavy atom. The maximum Gasteiger partial charge on any atom is 0.141 e. The van der Waals surface area contributed by atoms with Crippen LogP contribution in [0, 0.1) is 0 Å². The van der Waals surface area contributed by atoms with Gasteiger partial charge in [-0.1, -0.05) is 0 Å². The van der Waals surface area contributed by atoms with Crippen molar-refractivity contribution in [1.29, 1.82) is 0 Å². The molecule has 0 aliphatic heterocycles. The molecule has 0 saturated heterocycles. The van der Waals surface area contributed by atoms with Crippen LogP contribution in [0.25, 0.3) is 22.4 Å². The predicted octanol–water partition coefficient (Wildman–Crippen LogP) is 2.41. The van der Waals surface area contributed by atoms with Crippen LogP contribution >= 0.6 is 0 Å². The molecule has 4 N–H and O–H groups in total. The number of benzene rings is 2. The van der Waals surface area contributed by atoms with Crippen LogP contribution < -0.4 is 16.2 Å². The summed E-state index contributed by atoms with van der Waals surface area (Å²) in [5.41, 5.74) is 15.8. The third-order valence-corrected chi connectivity index (χ3v) is 3.32. The van der Waals surface area contributed by atoms with Crippen LogP contribution in [0.5, 0.6) is 5.75 Å². The van der Waals surface area contributed by atoms with Gasteiger partial charge in [0.15, 0.2) is 0 Å². The summed E-state index contributed by atoms with van der Waals surface area (Å²) in [4.78, 5) is 4.65. The molecule has 0 amide bonds. The monoisotopic (exact) mass is 268 g/mol. The number of hydrogen-bond donors (Lipinski definition) is 2. The Morgan fingerprint density at radius 1 is 1.05 bits per heavy atom. The number of imidazole rings is 1. The van der Waals surface area contributed by atoms with E-state index in [-0.39, 0.29) is 0 Å². The minimum Gasteiger partial charge on any atom is -0.497 e. The first kappa shape index (κ1) is 12.3. The standard InChI is InChI=1S/C15H16N4O/c1-19-14-4-3-12(20-2)8-13(14)18-15(19)9-5-10(16)7-11(17)6-9/h3-8H,16-17H2,1-2H3. The highest BCUT2D eigenvalue weighted by atomic mass is 16.5. The zero-order chi connectivity index (χ0) is 14.3. The van der Waals surface area contributed by atoms with E-state index in [2.05, 4.69) is 4.98 Å². The van der Waals surface area contributed by atoms with Gasteiger partial charge in [0.05, 0.1) is 18.1 Å². The molecule has 0 atom stereocenters.